The summed E-state index contributed by atoms with van der Waals surface area (Å²) >= 11 is 0. The summed E-state index contributed by atoms with van der Waals surface area (Å²) in [6, 6.07) is 12.4. The number of ether oxygens (including phenoxy) is 1. The Hall–Kier alpha value is -3.46. The molecule has 9 nitrogen and oxygen atoms in total. The number of nitro groups is 1. The first-order chi connectivity index (χ1) is 14.9. The van der Waals surface area contributed by atoms with Crippen molar-refractivity contribution in [1.82, 2.24) is 5.32 Å². The summed E-state index contributed by atoms with van der Waals surface area (Å²) in [5.41, 5.74) is 3.15. The number of non-ortho nitro benzene ring substituents is 1. The highest BCUT2D eigenvalue weighted by Gasteiger charge is 2.16. The molecule has 1 fully saturated rings. The highest BCUT2D eigenvalue weighted by molar-refractivity contribution is 6.39. The summed E-state index contributed by atoms with van der Waals surface area (Å²) in [4.78, 5) is 36.6. The average molecular weight is 426 g/mol. The summed E-state index contributed by atoms with van der Waals surface area (Å²) in [6.45, 7) is 5.29. The number of anilines is 2. The minimum atomic E-state index is -0.799. The molecular formula is C22H26N4O5. The maximum atomic E-state index is 12.1. The van der Waals surface area contributed by atoms with Gasteiger partial charge in [-0.25, -0.2) is 0 Å². The summed E-state index contributed by atoms with van der Waals surface area (Å²) in [6.07, 6.45) is 1.49. The van der Waals surface area contributed by atoms with E-state index in [0.717, 1.165) is 38.3 Å². The molecule has 0 bridgehead atoms. The highest BCUT2D eigenvalue weighted by atomic mass is 16.6. The molecule has 2 N–H and O–H groups in total. The van der Waals surface area contributed by atoms with Gasteiger partial charge in [0.1, 0.15) is 0 Å². The number of nitro benzene ring substituents is 1. The third kappa shape index (κ3) is 6.26. The number of morpholine rings is 1. The van der Waals surface area contributed by atoms with Crippen LogP contribution in [-0.2, 0) is 20.7 Å². The molecule has 0 aromatic heterocycles. The topological polar surface area (TPSA) is 114 Å². The van der Waals surface area contributed by atoms with Crippen molar-refractivity contribution in [3.63, 3.8) is 0 Å². The van der Waals surface area contributed by atoms with E-state index in [-0.39, 0.29) is 5.69 Å². The number of aryl methyl sites for hydroxylation is 2. The fraction of sp³-hybridized carbons (Fsp3) is 0.364. The minimum Gasteiger partial charge on any atom is -0.378 e. The quantitative estimate of drug-likeness (QED) is 0.304. The molecule has 2 amide bonds. The number of hydrogen-bond acceptors (Lipinski definition) is 6. The van der Waals surface area contributed by atoms with Crippen LogP contribution < -0.4 is 15.5 Å². The lowest BCUT2D eigenvalue weighted by molar-refractivity contribution is -0.384. The standard InChI is InChI=1S/C22H26N4O5/c1-16-15-19(26(29)30)8-9-20(16)24-22(28)21(27)23-10-2-3-17-4-6-18(7-5-17)25-11-13-31-14-12-25/h4-9,15H,2-3,10-14H2,1H3,(H,23,27)(H,24,28). The second-order valence-electron chi connectivity index (χ2n) is 7.34. The van der Waals surface area contributed by atoms with E-state index in [9.17, 15) is 19.7 Å². The fourth-order valence-electron chi connectivity index (χ4n) is 3.35. The monoisotopic (exact) mass is 426 g/mol. The van der Waals surface area contributed by atoms with Crippen LogP contribution in [-0.4, -0.2) is 49.6 Å². The molecule has 1 aliphatic heterocycles. The SMILES string of the molecule is Cc1cc([N+](=O)[O-])ccc1NC(=O)C(=O)NCCCc1ccc(N2CCOCC2)cc1. The first-order valence-corrected chi connectivity index (χ1v) is 10.2. The maximum absolute atomic E-state index is 12.1. The highest BCUT2D eigenvalue weighted by Crippen LogP contribution is 2.21. The van der Waals surface area contributed by atoms with Gasteiger partial charge in [-0.2, -0.15) is 0 Å². The average Bonchev–Trinajstić information content (AvgIpc) is 2.78. The summed E-state index contributed by atoms with van der Waals surface area (Å²) in [5, 5.41) is 15.9. The van der Waals surface area contributed by atoms with Gasteiger partial charge in [0.15, 0.2) is 0 Å². The largest absolute Gasteiger partial charge is 0.378 e. The molecule has 0 radical (unpaired) electrons. The van der Waals surface area contributed by atoms with Crippen LogP contribution in [0.3, 0.4) is 0 Å². The number of benzene rings is 2. The Morgan fingerprint density at radius 1 is 1.10 bits per heavy atom. The number of rotatable bonds is 7. The number of amides is 2. The Kier molecular flexibility index (Phi) is 7.55. The van der Waals surface area contributed by atoms with Crippen LogP contribution in [0.25, 0.3) is 0 Å². The van der Waals surface area contributed by atoms with Crippen molar-refractivity contribution in [3.8, 4) is 0 Å². The van der Waals surface area contributed by atoms with Gasteiger partial charge >= 0.3 is 11.8 Å². The second-order valence-corrected chi connectivity index (χ2v) is 7.34. The fourth-order valence-corrected chi connectivity index (χ4v) is 3.35. The van der Waals surface area contributed by atoms with E-state index in [1.165, 1.54) is 23.9 Å². The van der Waals surface area contributed by atoms with E-state index in [4.69, 9.17) is 4.74 Å². The first-order valence-electron chi connectivity index (χ1n) is 10.2. The number of nitrogens with zero attached hydrogens (tertiary/aromatic N) is 2. The van der Waals surface area contributed by atoms with Gasteiger partial charge in [-0.3, -0.25) is 19.7 Å². The van der Waals surface area contributed by atoms with Crippen LogP contribution in [0.2, 0.25) is 0 Å². The van der Waals surface area contributed by atoms with Crippen molar-refractivity contribution in [2.45, 2.75) is 19.8 Å². The number of nitrogens with one attached hydrogen (secondary N) is 2. The van der Waals surface area contributed by atoms with E-state index in [1.54, 1.807) is 6.92 Å². The lowest BCUT2D eigenvalue weighted by Gasteiger charge is -2.28. The van der Waals surface area contributed by atoms with E-state index in [1.807, 2.05) is 0 Å². The Morgan fingerprint density at radius 2 is 1.81 bits per heavy atom. The summed E-state index contributed by atoms with van der Waals surface area (Å²) in [5.74, 6) is -1.53. The molecule has 3 rings (SSSR count). The molecule has 1 aliphatic rings. The molecule has 1 saturated heterocycles. The Morgan fingerprint density at radius 3 is 2.45 bits per heavy atom. The molecule has 0 atom stereocenters. The van der Waals surface area contributed by atoms with Crippen molar-refractivity contribution in [3.05, 3.63) is 63.7 Å². The number of hydrogen-bond donors (Lipinski definition) is 2. The first kappa shape index (κ1) is 22.2. The molecule has 2 aromatic carbocycles. The predicted octanol–water partition coefficient (Wildman–Crippen LogP) is 2.43. The zero-order valence-corrected chi connectivity index (χ0v) is 17.4. The summed E-state index contributed by atoms with van der Waals surface area (Å²) in [7, 11) is 0. The maximum Gasteiger partial charge on any atom is 0.313 e. The summed E-state index contributed by atoms with van der Waals surface area (Å²) < 4.78 is 5.37. The number of carbonyl (C=O) groups excluding carboxylic acids is 2. The molecule has 0 spiro atoms. The molecule has 31 heavy (non-hydrogen) atoms. The third-order valence-electron chi connectivity index (χ3n) is 5.12. The van der Waals surface area contributed by atoms with E-state index >= 15 is 0 Å². The molecule has 0 saturated carbocycles. The van der Waals surface area contributed by atoms with Gasteiger partial charge in [-0.15, -0.1) is 0 Å². The van der Waals surface area contributed by atoms with Crippen molar-refractivity contribution in [2.24, 2.45) is 0 Å². The lowest BCUT2D eigenvalue weighted by atomic mass is 10.1. The normalized spacial score (nSPS) is 13.5. The Balaban J connectivity index is 1.40. The van der Waals surface area contributed by atoms with E-state index < -0.39 is 16.7 Å². The van der Waals surface area contributed by atoms with Crippen molar-refractivity contribution in [1.29, 1.82) is 0 Å². The molecule has 164 valence electrons. The second kappa shape index (κ2) is 10.5. The van der Waals surface area contributed by atoms with Crippen LogP contribution in [0, 0.1) is 17.0 Å². The van der Waals surface area contributed by atoms with Crippen LogP contribution in [0.15, 0.2) is 42.5 Å². The van der Waals surface area contributed by atoms with Crippen LogP contribution in [0.5, 0.6) is 0 Å². The van der Waals surface area contributed by atoms with Crippen LogP contribution in [0.1, 0.15) is 17.5 Å². The van der Waals surface area contributed by atoms with E-state index in [0.29, 0.717) is 24.2 Å². The van der Waals surface area contributed by atoms with Crippen molar-refractivity contribution >= 4 is 28.9 Å². The zero-order chi connectivity index (χ0) is 22.2. The van der Waals surface area contributed by atoms with Gasteiger partial charge in [0, 0.05) is 43.1 Å². The van der Waals surface area contributed by atoms with Gasteiger partial charge < -0.3 is 20.3 Å². The molecule has 0 aliphatic carbocycles. The van der Waals surface area contributed by atoms with Crippen LogP contribution in [0.4, 0.5) is 17.1 Å². The molecule has 9 heteroatoms. The van der Waals surface area contributed by atoms with Gasteiger partial charge in [0.05, 0.1) is 18.1 Å². The number of carbonyl (C=O) groups is 2. The van der Waals surface area contributed by atoms with Gasteiger partial charge in [0.2, 0.25) is 0 Å². The van der Waals surface area contributed by atoms with Crippen molar-refractivity contribution < 1.29 is 19.2 Å². The predicted molar refractivity (Wildman–Crippen MR) is 117 cm³/mol. The van der Waals surface area contributed by atoms with Gasteiger partial charge in [0.25, 0.3) is 5.69 Å². The zero-order valence-electron chi connectivity index (χ0n) is 17.4. The van der Waals surface area contributed by atoms with Crippen LogP contribution >= 0.6 is 0 Å². The molecule has 1 heterocycles. The minimum absolute atomic E-state index is 0.0714. The molecular weight excluding hydrogens is 400 g/mol. The lowest BCUT2D eigenvalue weighted by Crippen LogP contribution is -2.36. The van der Waals surface area contributed by atoms with E-state index in [2.05, 4.69) is 39.8 Å². The smallest absolute Gasteiger partial charge is 0.313 e. The van der Waals surface area contributed by atoms with Gasteiger partial charge in [-0.1, -0.05) is 12.1 Å². The van der Waals surface area contributed by atoms with Crippen molar-refractivity contribution in [2.75, 3.05) is 43.1 Å². The molecule has 2 aromatic rings. The molecule has 0 unspecified atom stereocenters. The Labute approximate surface area is 180 Å². The third-order valence-corrected chi connectivity index (χ3v) is 5.12. The van der Waals surface area contributed by atoms with Gasteiger partial charge in [-0.05, 0) is 49.1 Å². The Bertz CT molecular complexity index is 939.